The average Bonchev–Trinajstić information content (AvgIpc) is 3.14. The molecule has 4 aromatic rings. The fraction of sp³-hybridized carbons (Fsp3) is 0.115. The summed E-state index contributed by atoms with van der Waals surface area (Å²) in [6, 6.07) is 22.8. The lowest BCUT2D eigenvalue weighted by Crippen LogP contribution is -2.15. The van der Waals surface area contributed by atoms with Gasteiger partial charge < -0.3 is 4.74 Å². The molecule has 158 valence electrons. The van der Waals surface area contributed by atoms with Gasteiger partial charge in [-0.05, 0) is 60.5 Å². The molecule has 3 aromatic carbocycles. The van der Waals surface area contributed by atoms with Gasteiger partial charge in [0.15, 0.2) is 0 Å². The standard InChI is InChI=1S/C26H20ClN3O2/c1-17-13-18(2)30(29-17)26(31)21(15-28)14-24-23-6-4-3-5-20(23)9-12-25(24)32-16-19-7-10-22(27)11-8-19/h3-14H,16H2,1-2H3/b21-14+. The van der Waals surface area contributed by atoms with E-state index in [1.165, 1.54) is 4.68 Å². The lowest BCUT2D eigenvalue weighted by atomic mass is 10.0. The average molecular weight is 442 g/mol. The number of carbonyl (C=O) groups excluding carboxylic acids is 1. The molecule has 0 N–H and O–H groups in total. The van der Waals surface area contributed by atoms with Gasteiger partial charge in [-0.3, -0.25) is 4.79 Å². The normalized spacial score (nSPS) is 11.4. The number of ether oxygens (including phenoxy) is 1. The molecule has 0 aliphatic rings. The van der Waals surface area contributed by atoms with E-state index in [2.05, 4.69) is 5.10 Å². The molecule has 0 amide bonds. The van der Waals surface area contributed by atoms with Crippen LogP contribution in [0.4, 0.5) is 0 Å². The maximum absolute atomic E-state index is 13.0. The van der Waals surface area contributed by atoms with Gasteiger partial charge in [-0.1, -0.05) is 54.1 Å². The van der Waals surface area contributed by atoms with E-state index in [1.54, 1.807) is 26.0 Å². The minimum absolute atomic E-state index is 0.0242. The summed E-state index contributed by atoms with van der Waals surface area (Å²) in [6.45, 7) is 3.91. The summed E-state index contributed by atoms with van der Waals surface area (Å²) in [5, 5.41) is 16.5. The Morgan fingerprint density at radius 2 is 1.88 bits per heavy atom. The van der Waals surface area contributed by atoms with Gasteiger partial charge in [0.25, 0.3) is 5.91 Å². The van der Waals surface area contributed by atoms with E-state index >= 15 is 0 Å². The monoisotopic (exact) mass is 441 g/mol. The van der Waals surface area contributed by atoms with Crippen LogP contribution in [0.25, 0.3) is 16.8 Å². The number of rotatable bonds is 5. The minimum atomic E-state index is -0.477. The first kappa shape index (κ1) is 21.4. The van der Waals surface area contributed by atoms with Gasteiger partial charge in [0, 0.05) is 16.3 Å². The number of nitriles is 1. The molecule has 0 radical (unpaired) electrons. The van der Waals surface area contributed by atoms with E-state index in [9.17, 15) is 10.1 Å². The molecule has 4 rings (SSSR count). The van der Waals surface area contributed by atoms with Crippen molar-refractivity contribution in [2.24, 2.45) is 0 Å². The summed E-state index contributed by atoms with van der Waals surface area (Å²) in [5.41, 5.74) is 2.99. The first-order chi connectivity index (χ1) is 15.5. The molecule has 0 aliphatic heterocycles. The molecular formula is C26H20ClN3O2. The Labute approximate surface area is 191 Å². The van der Waals surface area contributed by atoms with Gasteiger partial charge in [0.1, 0.15) is 24.0 Å². The number of hydrogen-bond donors (Lipinski definition) is 0. The van der Waals surface area contributed by atoms with Crippen LogP contribution in [0, 0.1) is 25.2 Å². The second kappa shape index (κ2) is 9.09. The van der Waals surface area contributed by atoms with Gasteiger partial charge in [-0.2, -0.15) is 10.4 Å². The van der Waals surface area contributed by atoms with E-state index in [-0.39, 0.29) is 5.57 Å². The number of hydrogen-bond acceptors (Lipinski definition) is 4. The Balaban J connectivity index is 1.77. The fourth-order valence-electron chi connectivity index (χ4n) is 3.53. The molecule has 0 unspecified atom stereocenters. The smallest absolute Gasteiger partial charge is 0.289 e. The highest BCUT2D eigenvalue weighted by molar-refractivity contribution is 6.30. The quantitative estimate of drug-likeness (QED) is 0.276. The van der Waals surface area contributed by atoms with E-state index < -0.39 is 5.91 Å². The van der Waals surface area contributed by atoms with Gasteiger partial charge in [0.05, 0.1) is 5.69 Å². The van der Waals surface area contributed by atoms with Crippen LogP contribution in [0.5, 0.6) is 5.75 Å². The zero-order chi connectivity index (χ0) is 22.7. The topological polar surface area (TPSA) is 67.9 Å². The second-order valence-electron chi connectivity index (χ2n) is 7.43. The first-order valence-corrected chi connectivity index (χ1v) is 10.4. The third-order valence-corrected chi connectivity index (χ3v) is 5.33. The highest BCUT2D eigenvalue weighted by atomic mass is 35.5. The van der Waals surface area contributed by atoms with Crippen molar-refractivity contribution in [1.82, 2.24) is 9.78 Å². The SMILES string of the molecule is Cc1cc(C)n(C(=O)/C(C#N)=C/c2c(OCc3ccc(Cl)cc3)ccc3ccccc23)n1. The number of nitrogens with zero attached hydrogens (tertiary/aromatic N) is 3. The molecule has 0 saturated carbocycles. The molecular weight excluding hydrogens is 422 g/mol. The number of halogens is 1. The zero-order valence-corrected chi connectivity index (χ0v) is 18.4. The summed E-state index contributed by atoms with van der Waals surface area (Å²) in [4.78, 5) is 13.0. The summed E-state index contributed by atoms with van der Waals surface area (Å²) in [6.07, 6.45) is 1.58. The largest absolute Gasteiger partial charge is 0.488 e. The van der Waals surface area contributed by atoms with Crippen LogP contribution in [0.3, 0.4) is 0 Å². The lowest BCUT2D eigenvalue weighted by molar-refractivity contribution is 0.0944. The van der Waals surface area contributed by atoms with Crippen LogP contribution in [-0.2, 0) is 6.61 Å². The first-order valence-electron chi connectivity index (χ1n) is 10.0. The summed E-state index contributed by atoms with van der Waals surface area (Å²) in [7, 11) is 0. The van der Waals surface area contributed by atoms with Crippen LogP contribution < -0.4 is 4.74 Å². The fourth-order valence-corrected chi connectivity index (χ4v) is 3.65. The number of fused-ring (bicyclic) bond motifs is 1. The van der Waals surface area contributed by atoms with Crippen molar-refractivity contribution in [3.63, 3.8) is 0 Å². The third kappa shape index (κ3) is 4.41. The predicted octanol–water partition coefficient (Wildman–Crippen LogP) is 6.13. The van der Waals surface area contributed by atoms with Crippen molar-refractivity contribution in [3.05, 3.63) is 99.8 Å². The molecule has 0 aliphatic carbocycles. The van der Waals surface area contributed by atoms with Crippen LogP contribution in [0.1, 0.15) is 27.3 Å². The Hall–Kier alpha value is -3.88. The lowest BCUT2D eigenvalue weighted by Gasteiger charge is -2.13. The predicted molar refractivity (Wildman–Crippen MR) is 126 cm³/mol. The number of aromatic nitrogens is 2. The Morgan fingerprint density at radius 1 is 1.12 bits per heavy atom. The van der Waals surface area contributed by atoms with E-state index in [1.807, 2.05) is 66.7 Å². The molecule has 0 bridgehead atoms. The molecule has 0 spiro atoms. The molecule has 1 heterocycles. The van der Waals surface area contributed by atoms with E-state index in [4.69, 9.17) is 16.3 Å². The number of aryl methyl sites for hydroxylation is 2. The van der Waals surface area contributed by atoms with Crippen LogP contribution in [0.15, 0.2) is 72.3 Å². The van der Waals surface area contributed by atoms with Crippen molar-refractivity contribution in [2.45, 2.75) is 20.5 Å². The summed E-state index contributed by atoms with van der Waals surface area (Å²) >= 11 is 5.97. The van der Waals surface area contributed by atoms with Gasteiger partial charge in [0.2, 0.25) is 0 Å². The molecule has 0 fully saturated rings. The van der Waals surface area contributed by atoms with Gasteiger partial charge >= 0.3 is 0 Å². The zero-order valence-electron chi connectivity index (χ0n) is 17.7. The molecule has 6 heteroatoms. The highest BCUT2D eigenvalue weighted by Crippen LogP contribution is 2.31. The number of benzene rings is 3. The van der Waals surface area contributed by atoms with Crippen LogP contribution >= 0.6 is 11.6 Å². The van der Waals surface area contributed by atoms with E-state index in [0.717, 1.165) is 16.3 Å². The van der Waals surface area contributed by atoms with Crippen molar-refractivity contribution in [1.29, 1.82) is 5.26 Å². The van der Waals surface area contributed by atoms with Gasteiger partial charge in [-0.25, -0.2) is 4.68 Å². The highest BCUT2D eigenvalue weighted by Gasteiger charge is 2.17. The molecule has 1 aromatic heterocycles. The van der Waals surface area contributed by atoms with Crippen molar-refractivity contribution >= 4 is 34.4 Å². The molecule has 0 saturated heterocycles. The van der Waals surface area contributed by atoms with Crippen LogP contribution in [0.2, 0.25) is 5.02 Å². The second-order valence-corrected chi connectivity index (χ2v) is 7.86. The summed E-state index contributed by atoms with van der Waals surface area (Å²) in [5.74, 6) is 0.0993. The Bertz CT molecular complexity index is 1380. The Kier molecular flexibility index (Phi) is 6.07. The number of carbonyl (C=O) groups is 1. The minimum Gasteiger partial charge on any atom is -0.488 e. The van der Waals surface area contributed by atoms with Crippen LogP contribution in [-0.4, -0.2) is 15.7 Å². The van der Waals surface area contributed by atoms with Gasteiger partial charge in [-0.15, -0.1) is 0 Å². The maximum atomic E-state index is 13.0. The number of allylic oxidation sites excluding steroid dienone is 1. The van der Waals surface area contributed by atoms with Crippen molar-refractivity contribution < 1.29 is 9.53 Å². The summed E-state index contributed by atoms with van der Waals surface area (Å²) < 4.78 is 7.35. The maximum Gasteiger partial charge on any atom is 0.289 e. The van der Waals surface area contributed by atoms with Crippen molar-refractivity contribution in [3.8, 4) is 11.8 Å². The molecule has 5 nitrogen and oxygen atoms in total. The van der Waals surface area contributed by atoms with Crippen molar-refractivity contribution in [2.75, 3.05) is 0 Å². The molecule has 0 atom stereocenters. The molecule has 32 heavy (non-hydrogen) atoms. The third-order valence-electron chi connectivity index (χ3n) is 5.08. The van der Waals surface area contributed by atoms with E-state index in [0.29, 0.717) is 34.3 Å². The Morgan fingerprint density at radius 3 is 2.56 bits per heavy atom.